The number of aliphatic hydroxyl groups is 1. The Morgan fingerprint density at radius 2 is 2.10 bits per heavy atom. The molecule has 0 aliphatic carbocycles. The third-order valence-corrected chi connectivity index (χ3v) is 5.60. The molecule has 0 radical (unpaired) electrons. The van der Waals surface area contributed by atoms with E-state index >= 15 is 0 Å². The van der Waals surface area contributed by atoms with Crippen LogP contribution in [0.4, 0.5) is 4.79 Å². The molecular formula is C16H21NO3S. The van der Waals surface area contributed by atoms with Crippen LogP contribution in [0.1, 0.15) is 26.2 Å². The highest BCUT2D eigenvalue weighted by Crippen LogP contribution is 2.44. The van der Waals surface area contributed by atoms with E-state index in [0.717, 1.165) is 6.42 Å². The summed E-state index contributed by atoms with van der Waals surface area (Å²) in [6.07, 6.45) is 1.73. The maximum atomic E-state index is 12.2. The number of ether oxygens (including phenoxy) is 1. The Morgan fingerprint density at radius 1 is 1.33 bits per heavy atom. The van der Waals surface area contributed by atoms with Crippen LogP contribution in [-0.2, 0) is 4.74 Å². The summed E-state index contributed by atoms with van der Waals surface area (Å²) in [6.45, 7) is 2.22. The van der Waals surface area contributed by atoms with Gasteiger partial charge in [0.15, 0.2) is 0 Å². The van der Waals surface area contributed by atoms with Crippen molar-refractivity contribution in [1.82, 2.24) is 4.90 Å². The van der Waals surface area contributed by atoms with Gasteiger partial charge in [-0.15, -0.1) is 11.8 Å². The number of rotatable bonds is 3. The van der Waals surface area contributed by atoms with E-state index < -0.39 is 0 Å². The summed E-state index contributed by atoms with van der Waals surface area (Å²) >= 11 is 1.81. The fraction of sp³-hybridized carbons (Fsp3) is 0.562. The molecule has 3 rings (SSSR count). The third kappa shape index (κ3) is 3.04. The number of hydrogen-bond donors (Lipinski definition) is 1. The van der Waals surface area contributed by atoms with Crippen LogP contribution in [0.2, 0.25) is 0 Å². The number of hydrogen-bond acceptors (Lipinski definition) is 4. The zero-order valence-corrected chi connectivity index (χ0v) is 13.0. The van der Waals surface area contributed by atoms with Crippen molar-refractivity contribution in [3.05, 3.63) is 30.3 Å². The number of aliphatic hydroxyl groups excluding tert-OH is 1. The number of carbonyl (C=O) groups excluding carboxylic acids is 1. The van der Waals surface area contributed by atoms with E-state index in [9.17, 15) is 9.90 Å². The molecular weight excluding hydrogens is 286 g/mol. The highest BCUT2D eigenvalue weighted by Gasteiger charge is 2.49. The van der Waals surface area contributed by atoms with Gasteiger partial charge in [0.2, 0.25) is 0 Å². The minimum Gasteiger partial charge on any atom is -0.450 e. The van der Waals surface area contributed by atoms with Crippen molar-refractivity contribution in [3.8, 4) is 0 Å². The average molecular weight is 307 g/mol. The first-order valence-electron chi connectivity index (χ1n) is 7.54. The maximum Gasteiger partial charge on any atom is 0.410 e. The topological polar surface area (TPSA) is 49.8 Å². The monoisotopic (exact) mass is 307 g/mol. The fourth-order valence-electron chi connectivity index (χ4n) is 3.44. The van der Waals surface area contributed by atoms with Gasteiger partial charge in [0.1, 0.15) is 0 Å². The van der Waals surface area contributed by atoms with Crippen LogP contribution >= 0.6 is 11.8 Å². The molecule has 2 heterocycles. The normalized spacial score (nSPS) is 31.2. The summed E-state index contributed by atoms with van der Waals surface area (Å²) in [6, 6.07) is 10.4. The van der Waals surface area contributed by atoms with Gasteiger partial charge >= 0.3 is 6.09 Å². The van der Waals surface area contributed by atoms with Gasteiger partial charge in [-0.1, -0.05) is 18.2 Å². The summed E-state index contributed by atoms with van der Waals surface area (Å²) in [5.74, 6) is 0. The van der Waals surface area contributed by atoms with Gasteiger partial charge in [0.25, 0.3) is 0 Å². The molecule has 1 N–H and O–H groups in total. The lowest BCUT2D eigenvalue weighted by Crippen LogP contribution is -2.49. The van der Waals surface area contributed by atoms with Crippen molar-refractivity contribution in [3.63, 3.8) is 0 Å². The van der Waals surface area contributed by atoms with E-state index in [4.69, 9.17) is 4.74 Å². The molecule has 0 aromatic heterocycles. The van der Waals surface area contributed by atoms with Crippen LogP contribution in [-0.4, -0.2) is 46.1 Å². The highest BCUT2D eigenvalue weighted by atomic mass is 32.2. The molecule has 1 unspecified atom stereocenters. The number of fused-ring (bicyclic) bond motifs is 2. The van der Waals surface area contributed by atoms with Crippen LogP contribution in [0.25, 0.3) is 0 Å². The van der Waals surface area contributed by atoms with Gasteiger partial charge in [-0.05, 0) is 38.3 Å². The van der Waals surface area contributed by atoms with Crippen molar-refractivity contribution in [1.29, 1.82) is 0 Å². The first-order chi connectivity index (χ1) is 10.2. The fourth-order valence-corrected chi connectivity index (χ4v) is 4.82. The molecule has 1 amide bonds. The second kappa shape index (κ2) is 6.28. The molecule has 1 aromatic rings. The van der Waals surface area contributed by atoms with Gasteiger partial charge in [0.05, 0.1) is 18.8 Å². The Balaban J connectivity index is 1.76. The SMILES string of the molecule is CCOC(=O)N1[C@@H]2CC(Sc3ccccc3)[C@H]1C[C@@H](O)C2. The first kappa shape index (κ1) is 14.7. The molecule has 4 atom stereocenters. The smallest absolute Gasteiger partial charge is 0.410 e. The molecule has 0 saturated carbocycles. The van der Waals surface area contributed by atoms with Crippen LogP contribution in [0.15, 0.2) is 35.2 Å². The number of amides is 1. The van der Waals surface area contributed by atoms with Crippen molar-refractivity contribution < 1.29 is 14.6 Å². The van der Waals surface area contributed by atoms with Crippen molar-refractivity contribution >= 4 is 17.9 Å². The summed E-state index contributed by atoms with van der Waals surface area (Å²) in [5.41, 5.74) is 0. The largest absolute Gasteiger partial charge is 0.450 e. The predicted molar refractivity (Wildman–Crippen MR) is 82.4 cm³/mol. The molecule has 1 aromatic carbocycles. The lowest BCUT2D eigenvalue weighted by Gasteiger charge is -2.37. The van der Waals surface area contributed by atoms with Crippen LogP contribution < -0.4 is 0 Å². The zero-order chi connectivity index (χ0) is 14.8. The second-order valence-corrected chi connectivity index (χ2v) is 6.97. The summed E-state index contributed by atoms with van der Waals surface area (Å²) in [7, 11) is 0. The van der Waals surface area contributed by atoms with Crippen molar-refractivity contribution in [2.45, 2.75) is 54.5 Å². The first-order valence-corrected chi connectivity index (χ1v) is 8.42. The molecule has 2 saturated heterocycles. The predicted octanol–water partition coefficient (Wildman–Crippen LogP) is 2.90. The molecule has 2 fully saturated rings. The van der Waals surface area contributed by atoms with Crippen molar-refractivity contribution in [2.24, 2.45) is 0 Å². The second-order valence-electron chi connectivity index (χ2n) is 5.66. The summed E-state index contributed by atoms with van der Waals surface area (Å²) < 4.78 is 5.19. The summed E-state index contributed by atoms with van der Waals surface area (Å²) in [5, 5.41) is 10.3. The van der Waals surface area contributed by atoms with Crippen molar-refractivity contribution in [2.75, 3.05) is 6.61 Å². The van der Waals surface area contributed by atoms with E-state index in [-0.39, 0.29) is 24.3 Å². The standard InChI is InChI=1S/C16H21NO3S/c1-2-20-16(19)17-11-8-12(18)10-14(17)15(9-11)21-13-6-4-3-5-7-13/h3-7,11-12,14-15,18H,2,8-10H2,1H3/t11-,12-,14+,15?/m0/s1. The molecule has 2 aliphatic heterocycles. The van der Waals surface area contributed by atoms with E-state index in [1.807, 2.05) is 41.8 Å². The Labute approximate surface area is 129 Å². The lowest BCUT2D eigenvalue weighted by molar-refractivity contribution is 0.0267. The molecule has 4 nitrogen and oxygen atoms in total. The Kier molecular flexibility index (Phi) is 4.40. The lowest BCUT2D eigenvalue weighted by atomic mass is 10.0. The summed E-state index contributed by atoms with van der Waals surface area (Å²) in [4.78, 5) is 15.3. The third-order valence-electron chi connectivity index (χ3n) is 4.25. The van der Waals surface area contributed by atoms with E-state index in [0.29, 0.717) is 24.7 Å². The number of benzene rings is 1. The van der Waals surface area contributed by atoms with Crippen LogP contribution in [0.3, 0.4) is 0 Å². The Hall–Kier alpha value is -1.20. The van der Waals surface area contributed by atoms with Gasteiger partial charge < -0.3 is 14.7 Å². The Bertz CT molecular complexity index is 496. The van der Waals surface area contributed by atoms with Crippen LogP contribution in [0, 0.1) is 0 Å². The van der Waals surface area contributed by atoms with E-state index in [1.54, 1.807) is 0 Å². The molecule has 0 spiro atoms. The maximum absolute atomic E-state index is 12.2. The number of nitrogens with zero attached hydrogens (tertiary/aromatic N) is 1. The minimum atomic E-state index is -0.299. The van der Waals surface area contributed by atoms with Gasteiger partial charge in [0, 0.05) is 16.2 Å². The van der Waals surface area contributed by atoms with Gasteiger partial charge in [-0.3, -0.25) is 0 Å². The highest BCUT2D eigenvalue weighted by molar-refractivity contribution is 8.00. The van der Waals surface area contributed by atoms with Gasteiger partial charge in [-0.2, -0.15) is 0 Å². The number of thioether (sulfide) groups is 1. The Morgan fingerprint density at radius 3 is 2.81 bits per heavy atom. The quantitative estimate of drug-likeness (QED) is 0.933. The average Bonchev–Trinajstić information content (AvgIpc) is 2.69. The molecule has 2 bridgehead atoms. The van der Waals surface area contributed by atoms with E-state index in [1.165, 1.54) is 4.90 Å². The number of piperidine rings is 1. The zero-order valence-electron chi connectivity index (χ0n) is 12.1. The number of carbonyl (C=O) groups is 1. The molecule has 114 valence electrons. The minimum absolute atomic E-state index is 0.0722. The van der Waals surface area contributed by atoms with Crippen LogP contribution in [0.5, 0.6) is 0 Å². The molecule has 21 heavy (non-hydrogen) atoms. The van der Waals surface area contributed by atoms with Gasteiger partial charge in [-0.25, -0.2) is 4.79 Å². The van der Waals surface area contributed by atoms with E-state index in [2.05, 4.69) is 12.1 Å². The molecule has 5 heteroatoms. The molecule has 2 aliphatic rings.